The Morgan fingerprint density at radius 3 is 1.30 bits per heavy atom. The van der Waals surface area contributed by atoms with Crippen molar-refractivity contribution < 1.29 is 4.74 Å². The standard InChI is InChI=1S/C36H26N8O3/c1-21-3-11-25(12-4-21)43-19-29-31(37-39-35(45)33(29)41-43)23-7-15-27(16-8-23)47-28-17-9-24(10-18-28)32-30-20-44(26-13-5-22(2)6-14-26)42-34(30)36(46)40-38-32/h3-20H,1-2H3,(H,39,45)(H,40,46). The van der Waals surface area contributed by atoms with Gasteiger partial charge in [0.25, 0.3) is 11.1 Å². The third-order valence-corrected chi connectivity index (χ3v) is 8.00. The molecule has 47 heavy (non-hydrogen) atoms. The molecule has 11 nitrogen and oxygen atoms in total. The largest absolute Gasteiger partial charge is 0.457 e. The summed E-state index contributed by atoms with van der Waals surface area (Å²) < 4.78 is 9.51. The van der Waals surface area contributed by atoms with Crippen molar-refractivity contribution in [1.29, 1.82) is 0 Å². The lowest BCUT2D eigenvalue weighted by molar-refractivity contribution is 0.483. The second-order valence-corrected chi connectivity index (χ2v) is 11.3. The third-order valence-electron chi connectivity index (χ3n) is 8.00. The first kappa shape index (κ1) is 27.9. The van der Waals surface area contributed by atoms with Crippen LogP contribution in [0.1, 0.15) is 11.1 Å². The lowest BCUT2D eigenvalue weighted by Crippen LogP contribution is -2.09. The smallest absolute Gasteiger partial charge is 0.292 e. The maximum atomic E-state index is 12.5. The van der Waals surface area contributed by atoms with Crippen LogP contribution in [0, 0.1) is 13.8 Å². The molecule has 0 fully saturated rings. The summed E-state index contributed by atoms with van der Waals surface area (Å²) in [5.41, 5.74) is 6.73. The van der Waals surface area contributed by atoms with E-state index in [0.717, 1.165) is 33.6 Å². The molecule has 228 valence electrons. The number of aromatic nitrogens is 8. The Kier molecular flexibility index (Phi) is 6.57. The van der Waals surface area contributed by atoms with Crippen molar-refractivity contribution in [1.82, 2.24) is 40.0 Å². The Morgan fingerprint density at radius 1 is 0.532 bits per heavy atom. The molecule has 0 atom stereocenters. The first-order valence-electron chi connectivity index (χ1n) is 14.9. The number of benzene rings is 4. The SMILES string of the molecule is Cc1ccc(-n2cc3c(-c4ccc(Oc5ccc(-c6n[nH]c(=O)c7nn(-c8ccc(C)cc8)cc67)cc5)cc4)n[nH]c(=O)c3n2)cc1. The molecule has 0 unspecified atom stereocenters. The van der Waals surface area contributed by atoms with Gasteiger partial charge in [-0.2, -0.15) is 20.4 Å². The fraction of sp³-hybridized carbons (Fsp3) is 0.0556. The third kappa shape index (κ3) is 5.15. The van der Waals surface area contributed by atoms with Crippen LogP contribution in [0.25, 0.3) is 55.7 Å². The van der Waals surface area contributed by atoms with Gasteiger partial charge >= 0.3 is 0 Å². The number of nitrogens with one attached hydrogen (secondary N) is 2. The van der Waals surface area contributed by atoms with Gasteiger partial charge in [-0.1, -0.05) is 35.4 Å². The van der Waals surface area contributed by atoms with Crippen LogP contribution >= 0.6 is 0 Å². The summed E-state index contributed by atoms with van der Waals surface area (Å²) >= 11 is 0. The van der Waals surface area contributed by atoms with E-state index in [0.29, 0.717) is 44.7 Å². The van der Waals surface area contributed by atoms with Gasteiger partial charge in [0.05, 0.1) is 22.1 Å². The van der Waals surface area contributed by atoms with Crippen LogP contribution in [0.4, 0.5) is 0 Å². The summed E-state index contributed by atoms with van der Waals surface area (Å²) in [6.07, 6.45) is 3.64. The van der Waals surface area contributed by atoms with Crippen LogP contribution in [0.3, 0.4) is 0 Å². The average molecular weight is 619 g/mol. The van der Waals surface area contributed by atoms with Crippen LogP contribution in [0.2, 0.25) is 0 Å². The van der Waals surface area contributed by atoms with E-state index in [-0.39, 0.29) is 11.1 Å². The molecule has 8 rings (SSSR count). The number of fused-ring (bicyclic) bond motifs is 2. The zero-order valence-corrected chi connectivity index (χ0v) is 25.3. The lowest BCUT2D eigenvalue weighted by Gasteiger charge is -2.08. The number of ether oxygens (including phenoxy) is 1. The lowest BCUT2D eigenvalue weighted by atomic mass is 10.1. The van der Waals surface area contributed by atoms with Crippen molar-refractivity contribution in [2.75, 3.05) is 0 Å². The van der Waals surface area contributed by atoms with Crippen molar-refractivity contribution in [2.24, 2.45) is 0 Å². The topological polar surface area (TPSA) is 136 Å². The van der Waals surface area contributed by atoms with Gasteiger partial charge in [-0.05, 0) is 86.6 Å². The first-order valence-corrected chi connectivity index (χ1v) is 14.9. The molecule has 0 spiro atoms. The second-order valence-electron chi connectivity index (χ2n) is 11.3. The van der Waals surface area contributed by atoms with Crippen molar-refractivity contribution in [3.05, 3.63) is 141 Å². The minimum absolute atomic E-state index is 0.313. The number of H-pyrrole nitrogens is 2. The fourth-order valence-corrected chi connectivity index (χ4v) is 5.47. The molecule has 4 heterocycles. The number of hydrogen-bond donors (Lipinski definition) is 2. The quantitative estimate of drug-likeness (QED) is 0.224. The van der Waals surface area contributed by atoms with Crippen LogP contribution in [-0.4, -0.2) is 40.0 Å². The molecule has 0 aliphatic rings. The Labute approximate surface area is 266 Å². The van der Waals surface area contributed by atoms with Crippen molar-refractivity contribution in [2.45, 2.75) is 13.8 Å². The molecule has 8 aromatic rings. The highest BCUT2D eigenvalue weighted by Gasteiger charge is 2.16. The number of rotatable bonds is 6. The Balaban J connectivity index is 1.04. The fourth-order valence-electron chi connectivity index (χ4n) is 5.47. The van der Waals surface area contributed by atoms with E-state index in [9.17, 15) is 9.59 Å². The zero-order chi connectivity index (χ0) is 32.1. The van der Waals surface area contributed by atoms with Crippen LogP contribution in [-0.2, 0) is 0 Å². The van der Waals surface area contributed by atoms with Gasteiger partial charge in [0, 0.05) is 23.5 Å². The van der Waals surface area contributed by atoms with Gasteiger partial charge in [-0.3, -0.25) is 9.59 Å². The zero-order valence-electron chi connectivity index (χ0n) is 25.3. The Morgan fingerprint density at radius 2 is 0.915 bits per heavy atom. The molecular weight excluding hydrogens is 592 g/mol. The first-order chi connectivity index (χ1) is 22.9. The van der Waals surface area contributed by atoms with Gasteiger partial charge in [0.1, 0.15) is 22.9 Å². The molecule has 0 bridgehead atoms. The van der Waals surface area contributed by atoms with E-state index < -0.39 is 0 Å². The molecule has 0 aliphatic heterocycles. The van der Waals surface area contributed by atoms with Crippen molar-refractivity contribution in [3.8, 4) is 45.4 Å². The predicted molar refractivity (Wildman–Crippen MR) is 179 cm³/mol. The summed E-state index contributed by atoms with van der Waals surface area (Å²) in [4.78, 5) is 25.1. The Hall–Kier alpha value is -6.62. The molecule has 4 aromatic heterocycles. The monoisotopic (exact) mass is 618 g/mol. The minimum Gasteiger partial charge on any atom is -0.457 e. The summed E-state index contributed by atoms with van der Waals surface area (Å²) in [6.45, 7) is 4.04. The van der Waals surface area contributed by atoms with Gasteiger partial charge in [0.15, 0.2) is 11.0 Å². The maximum absolute atomic E-state index is 12.5. The summed E-state index contributed by atoms with van der Waals surface area (Å²) in [7, 11) is 0. The van der Waals surface area contributed by atoms with Gasteiger partial charge in [-0.25, -0.2) is 19.6 Å². The number of aryl methyl sites for hydroxylation is 2. The highest BCUT2D eigenvalue weighted by atomic mass is 16.5. The summed E-state index contributed by atoms with van der Waals surface area (Å²) in [6, 6.07) is 30.8. The van der Waals surface area contributed by atoms with E-state index in [2.05, 4.69) is 30.6 Å². The highest BCUT2D eigenvalue weighted by molar-refractivity contribution is 5.92. The Bertz CT molecular complexity index is 2350. The van der Waals surface area contributed by atoms with E-state index in [1.807, 2.05) is 123 Å². The summed E-state index contributed by atoms with van der Waals surface area (Å²) in [5, 5.41) is 24.1. The summed E-state index contributed by atoms with van der Waals surface area (Å²) in [5.74, 6) is 1.25. The van der Waals surface area contributed by atoms with Gasteiger partial charge < -0.3 is 4.74 Å². The molecule has 0 saturated carbocycles. The molecule has 0 amide bonds. The van der Waals surface area contributed by atoms with Crippen molar-refractivity contribution >= 4 is 21.8 Å². The average Bonchev–Trinajstić information content (AvgIpc) is 3.74. The number of nitrogens with zero attached hydrogens (tertiary/aromatic N) is 6. The predicted octanol–water partition coefficient (Wildman–Crippen LogP) is 6.27. The van der Waals surface area contributed by atoms with Crippen LogP contribution in [0.5, 0.6) is 11.5 Å². The molecule has 4 aromatic carbocycles. The highest BCUT2D eigenvalue weighted by Crippen LogP contribution is 2.31. The minimum atomic E-state index is -0.351. The van der Waals surface area contributed by atoms with E-state index in [1.165, 1.54) is 0 Å². The van der Waals surface area contributed by atoms with E-state index >= 15 is 0 Å². The van der Waals surface area contributed by atoms with E-state index in [4.69, 9.17) is 4.74 Å². The van der Waals surface area contributed by atoms with Gasteiger partial charge in [-0.15, -0.1) is 0 Å². The van der Waals surface area contributed by atoms with Crippen molar-refractivity contribution in [3.63, 3.8) is 0 Å². The number of aromatic amines is 2. The van der Waals surface area contributed by atoms with Crippen LogP contribution in [0.15, 0.2) is 119 Å². The normalized spacial score (nSPS) is 11.4. The second kappa shape index (κ2) is 11.1. The molecule has 0 saturated heterocycles. The van der Waals surface area contributed by atoms with Crippen LogP contribution < -0.4 is 15.9 Å². The molecule has 0 radical (unpaired) electrons. The molecule has 2 N–H and O–H groups in total. The maximum Gasteiger partial charge on any atom is 0.292 e. The van der Waals surface area contributed by atoms with E-state index in [1.54, 1.807) is 9.36 Å². The molecule has 11 heteroatoms. The molecule has 0 aliphatic carbocycles. The molecular formula is C36H26N8O3. The van der Waals surface area contributed by atoms with Gasteiger partial charge in [0.2, 0.25) is 0 Å². The number of hydrogen-bond acceptors (Lipinski definition) is 7.